The summed E-state index contributed by atoms with van der Waals surface area (Å²) in [7, 11) is 0. The molecule has 5 heteroatoms. The van der Waals surface area contributed by atoms with Crippen LogP contribution in [0.2, 0.25) is 0 Å². The monoisotopic (exact) mass is 291 g/mol. The molecule has 5 nitrogen and oxygen atoms in total. The van der Waals surface area contributed by atoms with Crippen LogP contribution in [0.1, 0.15) is 67.7 Å². The molecule has 1 aliphatic carbocycles. The molecule has 21 heavy (non-hydrogen) atoms. The van der Waals surface area contributed by atoms with Crippen molar-refractivity contribution >= 4 is 5.91 Å². The largest absolute Gasteiger partial charge is 0.448 e. The van der Waals surface area contributed by atoms with Crippen molar-refractivity contribution in [3.05, 3.63) is 17.8 Å². The molecule has 2 heterocycles. The van der Waals surface area contributed by atoms with Crippen molar-refractivity contribution in [2.24, 2.45) is 5.92 Å². The Morgan fingerprint density at radius 1 is 1.33 bits per heavy atom. The van der Waals surface area contributed by atoms with Gasteiger partial charge >= 0.3 is 0 Å². The number of amides is 1. The number of carbonyl (C=O) groups excluding carboxylic acids is 1. The summed E-state index contributed by atoms with van der Waals surface area (Å²) in [5, 5.41) is 6.47. The highest BCUT2D eigenvalue weighted by Crippen LogP contribution is 2.25. The third-order valence-electron chi connectivity index (χ3n) is 4.83. The Morgan fingerprint density at radius 3 is 2.95 bits per heavy atom. The topological polar surface area (TPSA) is 67.2 Å². The molecule has 0 radical (unpaired) electrons. The van der Waals surface area contributed by atoms with Crippen LogP contribution < -0.4 is 10.6 Å². The second kappa shape index (κ2) is 6.60. The zero-order valence-electron chi connectivity index (χ0n) is 12.7. The van der Waals surface area contributed by atoms with Gasteiger partial charge in [0.25, 0.3) is 5.91 Å². The van der Waals surface area contributed by atoms with Crippen molar-refractivity contribution in [3.63, 3.8) is 0 Å². The molecule has 1 aromatic rings. The van der Waals surface area contributed by atoms with E-state index in [1.807, 2.05) is 0 Å². The summed E-state index contributed by atoms with van der Waals surface area (Å²) in [5.41, 5.74) is 0.424. The highest BCUT2D eigenvalue weighted by atomic mass is 16.3. The van der Waals surface area contributed by atoms with E-state index in [0.717, 1.165) is 32.4 Å². The van der Waals surface area contributed by atoms with Crippen LogP contribution in [0.3, 0.4) is 0 Å². The molecular formula is C16H25N3O2. The molecule has 3 rings (SSSR count). The molecule has 1 saturated carbocycles. The average molecular weight is 291 g/mol. The lowest BCUT2D eigenvalue weighted by molar-refractivity contribution is 0.0905. The van der Waals surface area contributed by atoms with E-state index >= 15 is 0 Å². The standard InChI is InChI=1S/C16H25N3O2/c1-11-5-2-3-7-13(11)18-15(20)14-10-21-16(19-14)12-6-4-8-17-9-12/h10-13,17H,2-9H2,1H3,(H,18,20). The third-order valence-corrected chi connectivity index (χ3v) is 4.83. The van der Waals surface area contributed by atoms with Crippen molar-refractivity contribution < 1.29 is 9.21 Å². The molecule has 1 aliphatic heterocycles. The van der Waals surface area contributed by atoms with Crippen LogP contribution in [0.4, 0.5) is 0 Å². The summed E-state index contributed by atoms with van der Waals surface area (Å²) in [6.07, 6.45) is 8.46. The lowest BCUT2D eigenvalue weighted by atomic mass is 9.86. The van der Waals surface area contributed by atoms with Gasteiger partial charge in [-0.2, -0.15) is 0 Å². The normalized spacial score (nSPS) is 30.0. The summed E-state index contributed by atoms with van der Waals surface area (Å²) < 4.78 is 5.53. The van der Waals surface area contributed by atoms with E-state index in [9.17, 15) is 4.79 Å². The SMILES string of the molecule is CC1CCCCC1NC(=O)c1coc(C2CCCNC2)n1. The van der Waals surface area contributed by atoms with Crippen LogP contribution >= 0.6 is 0 Å². The van der Waals surface area contributed by atoms with Crippen molar-refractivity contribution in [1.82, 2.24) is 15.6 Å². The number of nitrogens with one attached hydrogen (secondary N) is 2. The number of hydrogen-bond donors (Lipinski definition) is 2. The number of hydrogen-bond acceptors (Lipinski definition) is 4. The first-order valence-electron chi connectivity index (χ1n) is 8.21. The first kappa shape index (κ1) is 14.6. The van der Waals surface area contributed by atoms with Gasteiger partial charge in [-0.3, -0.25) is 4.79 Å². The van der Waals surface area contributed by atoms with E-state index in [-0.39, 0.29) is 11.9 Å². The molecule has 2 fully saturated rings. The van der Waals surface area contributed by atoms with Crippen LogP contribution in [-0.4, -0.2) is 30.0 Å². The minimum absolute atomic E-state index is 0.0903. The summed E-state index contributed by atoms with van der Waals surface area (Å²) in [4.78, 5) is 16.7. The van der Waals surface area contributed by atoms with Gasteiger partial charge in [-0.05, 0) is 38.1 Å². The zero-order valence-corrected chi connectivity index (χ0v) is 12.7. The van der Waals surface area contributed by atoms with Gasteiger partial charge in [-0.25, -0.2) is 4.98 Å². The van der Waals surface area contributed by atoms with Crippen LogP contribution in [0, 0.1) is 5.92 Å². The van der Waals surface area contributed by atoms with E-state index in [1.54, 1.807) is 0 Å². The Hall–Kier alpha value is -1.36. The summed E-state index contributed by atoms with van der Waals surface area (Å²) in [5.74, 6) is 1.46. The van der Waals surface area contributed by atoms with Gasteiger partial charge < -0.3 is 15.1 Å². The van der Waals surface area contributed by atoms with Crippen molar-refractivity contribution in [1.29, 1.82) is 0 Å². The van der Waals surface area contributed by atoms with Crippen LogP contribution in [0.15, 0.2) is 10.7 Å². The van der Waals surface area contributed by atoms with E-state index in [4.69, 9.17) is 4.42 Å². The van der Waals surface area contributed by atoms with Gasteiger partial charge in [0.1, 0.15) is 6.26 Å². The van der Waals surface area contributed by atoms with Gasteiger partial charge in [0.05, 0.1) is 0 Å². The van der Waals surface area contributed by atoms with Gasteiger partial charge in [-0.15, -0.1) is 0 Å². The minimum atomic E-state index is -0.0903. The average Bonchev–Trinajstić information content (AvgIpc) is 3.00. The van der Waals surface area contributed by atoms with Crippen LogP contribution in [0.5, 0.6) is 0 Å². The first-order valence-corrected chi connectivity index (χ1v) is 8.21. The fourth-order valence-electron chi connectivity index (χ4n) is 3.42. The molecule has 1 saturated heterocycles. The highest BCUT2D eigenvalue weighted by Gasteiger charge is 2.26. The Labute approximate surface area is 125 Å². The smallest absolute Gasteiger partial charge is 0.273 e. The summed E-state index contributed by atoms with van der Waals surface area (Å²) in [6.45, 7) is 4.16. The van der Waals surface area contributed by atoms with Crippen molar-refractivity contribution in [3.8, 4) is 0 Å². The fraction of sp³-hybridized carbons (Fsp3) is 0.750. The molecule has 1 amide bonds. The molecule has 2 N–H and O–H groups in total. The molecule has 3 atom stereocenters. The predicted octanol–water partition coefficient (Wildman–Crippen LogP) is 2.45. The van der Waals surface area contributed by atoms with Crippen LogP contribution in [0.25, 0.3) is 0 Å². The van der Waals surface area contributed by atoms with Gasteiger partial charge in [0.15, 0.2) is 11.6 Å². The molecule has 0 spiro atoms. The number of nitrogens with zero attached hydrogens (tertiary/aromatic N) is 1. The van der Waals surface area contributed by atoms with E-state index in [1.165, 1.54) is 25.5 Å². The Kier molecular flexibility index (Phi) is 4.58. The molecular weight excluding hydrogens is 266 g/mol. The van der Waals surface area contributed by atoms with Gasteiger partial charge in [-0.1, -0.05) is 19.8 Å². The number of rotatable bonds is 3. The highest BCUT2D eigenvalue weighted by molar-refractivity contribution is 5.92. The van der Waals surface area contributed by atoms with Crippen molar-refractivity contribution in [2.75, 3.05) is 13.1 Å². The Morgan fingerprint density at radius 2 is 2.19 bits per heavy atom. The maximum atomic E-state index is 12.3. The van der Waals surface area contributed by atoms with Gasteiger partial charge in [0, 0.05) is 18.5 Å². The quantitative estimate of drug-likeness (QED) is 0.897. The van der Waals surface area contributed by atoms with E-state index in [0.29, 0.717) is 23.4 Å². The molecule has 0 bridgehead atoms. The third kappa shape index (κ3) is 3.46. The number of piperidine rings is 1. The molecule has 2 aliphatic rings. The van der Waals surface area contributed by atoms with Crippen molar-refractivity contribution in [2.45, 2.75) is 57.4 Å². The molecule has 0 aromatic carbocycles. The maximum Gasteiger partial charge on any atom is 0.273 e. The van der Waals surface area contributed by atoms with Crippen LogP contribution in [-0.2, 0) is 0 Å². The van der Waals surface area contributed by atoms with E-state index < -0.39 is 0 Å². The number of aromatic nitrogens is 1. The molecule has 3 unspecified atom stereocenters. The Bertz CT molecular complexity index is 480. The second-order valence-corrected chi connectivity index (χ2v) is 6.46. The second-order valence-electron chi connectivity index (χ2n) is 6.46. The fourth-order valence-corrected chi connectivity index (χ4v) is 3.42. The zero-order chi connectivity index (χ0) is 14.7. The number of carbonyl (C=O) groups is 1. The molecule has 1 aromatic heterocycles. The lowest BCUT2D eigenvalue weighted by Crippen LogP contribution is -2.41. The predicted molar refractivity (Wildman–Crippen MR) is 80.2 cm³/mol. The Balaban J connectivity index is 1.60. The summed E-state index contributed by atoms with van der Waals surface area (Å²) in [6, 6.07) is 0.280. The number of oxazole rings is 1. The lowest BCUT2D eigenvalue weighted by Gasteiger charge is -2.29. The van der Waals surface area contributed by atoms with E-state index in [2.05, 4.69) is 22.5 Å². The summed E-state index contributed by atoms with van der Waals surface area (Å²) >= 11 is 0. The molecule has 116 valence electrons. The minimum Gasteiger partial charge on any atom is -0.448 e. The van der Waals surface area contributed by atoms with Gasteiger partial charge in [0.2, 0.25) is 0 Å². The maximum absolute atomic E-state index is 12.3. The first-order chi connectivity index (χ1) is 10.2.